The minimum atomic E-state index is -4.00. The molecule has 134 valence electrons. The van der Waals surface area contributed by atoms with Crippen molar-refractivity contribution in [2.45, 2.75) is 24.2 Å². The van der Waals surface area contributed by atoms with Gasteiger partial charge in [-0.2, -0.15) is 0 Å². The Balaban J connectivity index is 0.00000140. The molecule has 1 N–H and O–H groups in total. The van der Waals surface area contributed by atoms with Crippen LogP contribution in [-0.4, -0.2) is 20.7 Å². The normalized spacial score (nSPS) is 19.0. The summed E-state index contributed by atoms with van der Waals surface area (Å²) in [5, 5.41) is 15.8. The Morgan fingerprint density at radius 3 is 2.24 bits per heavy atom. The van der Waals surface area contributed by atoms with Crippen LogP contribution in [0.5, 0.6) is 0 Å². The molecule has 0 amide bonds. The number of sulfonamides is 1. The maximum absolute atomic E-state index is 13.1. The van der Waals surface area contributed by atoms with Crippen LogP contribution < -0.4 is 99.1 Å². The van der Waals surface area contributed by atoms with Crippen molar-refractivity contribution >= 4 is 33.8 Å². The molecule has 0 aromatic heterocycles. The van der Waals surface area contributed by atoms with Gasteiger partial charge in [-0.15, -0.1) is 0 Å². The second-order valence-electron chi connectivity index (χ2n) is 6.74. The number of benzene rings is 2. The van der Waals surface area contributed by atoms with Gasteiger partial charge in [0.25, 0.3) is 0 Å². The van der Waals surface area contributed by atoms with Crippen molar-refractivity contribution in [2.24, 2.45) is 4.40 Å². The predicted octanol–water partition coefficient (Wildman–Crippen LogP) is -6.51. The molecule has 1 aliphatic heterocycles. The molecular formula is C19H15N2Na3O4S. The van der Waals surface area contributed by atoms with Gasteiger partial charge in [0.1, 0.15) is 0 Å². The van der Waals surface area contributed by atoms with Gasteiger partial charge in [0, 0.05) is 4.90 Å². The molecule has 2 aliphatic rings. The first kappa shape index (κ1) is 27.4. The van der Waals surface area contributed by atoms with E-state index < -0.39 is 27.7 Å². The Morgan fingerprint density at radius 1 is 0.966 bits per heavy atom. The van der Waals surface area contributed by atoms with Crippen LogP contribution in [0.3, 0.4) is 0 Å². The first-order chi connectivity index (χ1) is 12.2. The van der Waals surface area contributed by atoms with Crippen LogP contribution in [0.4, 0.5) is 5.69 Å². The Hall–Kier alpha value is 0.390. The topological polar surface area (TPSA) is 111 Å². The molecule has 10 heteroatoms. The zero-order valence-electron chi connectivity index (χ0n) is 17.1. The molecule has 29 heavy (non-hydrogen) atoms. The van der Waals surface area contributed by atoms with Crippen molar-refractivity contribution in [1.29, 1.82) is 0 Å². The number of amidine groups is 1. The molecule has 2 aromatic rings. The zero-order valence-corrected chi connectivity index (χ0v) is 23.9. The Labute approximate surface area is 237 Å². The summed E-state index contributed by atoms with van der Waals surface area (Å²) in [6, 6.07) is 13.1. The smallest absolute Gasteiger partial charge is 0.871 e. The number of rotatable bonds is 1. The number of carbonyl (C=O) groups excluding carboxylic acids is 1. The molecule has 0 fully saturated rings. The van der Waals surface area contributed by atoms with E-state index in [0.29, 0.717) is 16.8 Å². The van der Waals surface area contributed by atoms with E-state index in [2.05, 4.69) is 9.71 Å². The van der Waals surface area contributed by atoms with Crippen LogP contribution in [0.15, 0.2) is 63.4 Å². The van der Waals surface area contributed by atoms with Crippen LogP contribution in [-0.2, 0) is 10.2 Å². The largest absolute Gasteiger partial charge is 1.00 e. The summed E-state index contributed by atoms with van der Waals surface area (Å²) in [7, 11) is -4.00. The summed E-state index contributed by atoms with van der Waals surface area (Å²) in [5.74, 6) is -1.20. The van der Waals surface area contributed by atoms with E-state index in [1.54, 1.807) is 56.3 Å². The van der Waals surface area contributed by atoms with Crippen LogP contribution >= 0.6 is 10.8 Å². The minimum absolute atomic E-state index is 0. The SMILES string of the molecule is CC1(C)C(=O)C(C2=NS([O-])([O-])c3ccccc3N2)=C([O-])c2ccccc21.[Na+].[Na+].[Na+]. The molecule has 1 heterocycles. The first-order valence-electron chi connectivity index (χ1n) is 8.01. The fourth-order valence-electron chi connectivity index (χ4n) is 3.34. The molecule has 2 aromatic carbocycles. The van der Waals surface area contributed by atoms with Crippen LogP contribution in [0.1, 0.15) is 25.0 Å². The molecule has 0 bridgehead atoms. The van der Waals surface area contributed by atoms with Gasteiger partial charge in [-0.25, -0.2) is 4.40 Å². The molecule has 1 aliphatic carbocycles. The van der Waals surface area contributed by atoms with Crippen LogP contribution in [0.25, 0.3) is 5.76 Å². The molecule has 0 spiro atoms. The number of nitrogens with zero attached hydrogens (tertiary/aromatic N) is 1. The minimum Gasteiger partial charge on any atom is -0.871 e. The molecule has 0 atom stereocenters. The number of ketones is 1. The third-order valence-electron chi connectivity index (χ3n) is 4.73. The van der Waals surface area contributed by atoms with E-state index >= 15 is 0 Å². The summed E-state index contributed by atoms with van der Waals surface area (Å²) in [5.41, 5.74) is 0.102. The van der Waals surface area contributed by atoms with Crippen molar-refractivity contribution in [3.05, 3.63) is 65.2 Å². The molecule has 4 rings (SSSR count). The summed E-state index contributed by atoms with van der Waals surface area (Å²) in [6.45, 7) is 3.43. The number of anilines is 1. The molecule has 0 saturated carbocycles. The van der Waals surface area contributed by atoms with E-state index in [9.17, 15) is 19.0 Å². The van der Waals surface area contributed by atoms with Crippen molar-refractivity contribution in [3.63, 3.8) is 0 Å². The van der Waals surface area contributed by atoms with Crippen molar-refractivity contribution < 1.29 is 108 Å². The fraction of sp³-hybridized carbons (Fsp3) is 0.158. The standard InChI is InChI=1S/C19H18N2O4S.3Na/c1-19(2)12-8-4-3-7-11(12)16(22)15(17(19)23)18-20-13-9-5-6-10-14(13)26(24,25)21-18;;;/h3-10,22,24-25H,1-2H3,(H,20,21);;;/q;3*+1/p-3. The van der Waals surface area contributed by atoms with Crippen molar-refractivity contribution in [1.82, 2.24) is 0 Å². The van der Waals surface area contributed by atoms with Crippen molar-refractivity contribution in [3.8, 4) is 0 Å². The molecule has 6 nitrogen and oxygen atoms in total. The summed E-state index contributed by atoms with van der Waals surface area (Å²) in [4.78, 5) is 13.1. The second kappa shape index (κ2) is 9.90. The van der Waals surface area contributed by atoms with E-state index in [0.717, 1.165) is 0 Å². The van der Waals surface area contributed by atoms with E-state index in [1.165, 1.54) is 6.07 Å². The summed E-state index contributed by atoms with van der Waals surface area (Å²) >= 11 is 0. The fourth-order valence-corrected chi connectivity index (χ4v) is 4.46. The Morgan fingerprint density at radius 2 is 1.55 bits per heavy atom. The van der Waals surface area contributed by atoms with Gasteiger partial charge < -0.3 is 30.3 Å². The zero-order chi connectivity index (χ0) is 18.7. The number of hydrogen-bond acceptors (Lipinski definition) is 6. The molecule has 0 radical (unpaired) electrons. The van der Waals surface area contributed by atoms with Crippen LogP contribution in [0.2, 0.25) is 0 Å². The maximum atomic E-state index is 13.1. The monoisotopic (exact) mass is 436 g/mol. The molecular weight excluding hydrogens is 421 g/mol. The average Bonchev–Trinajstić information content (AvgIpc) is 2.60. The average molecular weight is 436 g/mol. The third kappa shape index (κ3) is 4.62. The Bertz CT molecular complexity index is 1020. The van der Waals surface area contributed by atoms with E-state index in [1.807, 2.05) is 0 Å². The molecule has 0 saturated heterocycles. The number of carbonyl (C=O) groups is 1. The number of Topliss-reactive ketones (excluding diaryl/α,β-unsaturated/α-hetero) is 1. The second-order valence-corrected chi connectivity index (χ2v) is 8.31. The number of fused-ring (bicyclic) bond motifs is 2. The summed E-state index contributed by atoms with van der Waals surface area (Å²) in [6.07, 6.45) is 0. The molecule has 0 unspecified atom stereocenters. The van der Waals surface area contributed by atoms with Gasteiger partial charge in [-0.3, -0.25) is 4.79 Å². The van der Waals surface area contributed by atoms with Gasteiger partial charge in [0.05, 0.1) is 16.7 Å². The predicted molar refractivity (Wildman–Crippen MR) is 96.3 cm³/mol. The summed E-state index contributed by atoms with van der Waals surface area (Å²) < 4.78 is 28.7. The van der Waals surface area contributed by atoms with Crippen LogP contribution in [0, 0.1) is 0 Å². The Kier molecular flexibility index (Phi) is 9.36. The van der Waals surface area contributed by atoms with E-state index in [-0.39, 0.29) is 105 Å². The first-order valence-corrected chi connectivity index (χ1v) is 9.45. The van der Waals surface area contributed by atoms with Crippen molar-refractivity contribution in [2.75, 3.05) is 5.32 Å². The van der Waals surface area contributed by atoms with Gasteiger partial charge in [0.2, 0.25) is 0 Å². The third-order valence-corrected chi connectivity index (χ3v) is 6.07. The maximum Gasteiger partial charge on any atom is 1.00 e. The van der Waals surface area contributed by atoms with Gasteiger partial charge in [-0.1, -0.05) is 42.2 Å². The van der Waals surface area contributed by atoms with E-state index in [4.69, 9.17) is 0 Å². The number of para-hydroxylation sites is 1. The van der Waals surface area contributed by atoms with Gasteiger partial charge in [-0.05, 0) is 37.1 Å². The number of nitrogens with one attached hydrogen (secondary N) is 1. The quantitative estimate of drug-likeness (QED) is 0.447. The van der Waals surface area contributed by atoms with Gasteiger partial charge in [0.15, 0.2) is 11.6 Å². The number of hydrogen-bond donors (Lipinski definition) is 1. The van der Waals surface area contributed by atoms with Gasteiger partial charge >= 0.3 is 88.7 Å².